The third kappa shape index (κ3) is 2.76. The van der Waals surface area contributed by atoms with Crippen LogP contribution < -0.4 is 0 Å². The Balaban J connectivity index is 2.28. The van der Waals surface area contributed by atoms with E-state index in [9.17, 15) is 10.1 Å². The van der Waals surface area contributed by atoms with Crippen molar-refractivity contribution in [1.82, 2.24) is 0 Å². The van der Waals surface area contributed by atoms with Gasteiger partial charge in [0, 0.05) is 11.6 Å². The monoisotopic (exact) mass is 241 g/mol. The molecule has 0 unspecified atom stereocenters. The second-order valence-corrected chi connectivity index (χ2v) is 3.76. The number of rotatable bonds is 3. The maximum Gasteiger partial charge on any atom is 0.274 e. The summed E-state index contributed by atoms with van der Waals surface area (Å²) >= 11 is 0. The van der Waals surface area contributed by atoms with E-state index >= 15 is 0 Å². The van der Waals surface area contributed by atoms with E-state index in [-0.39, 0.29) is 5.69 Å². The highest BCUT2D eigenvalue weighted by molar-refractivity contribution is 5.51. The number of azo groups is 1. The Labute approximate surface area is 104 Å². The van der Waals surface area contributed by atoms with Gasteiger partial charge >= 0.3 is 0 Å². The van der Waals surface area contributed by atoms with Crippen LogP contribution in [-0.4, -0.2) is 4.92 Å². The van der Waals surface area contributed by atoms with Gasteiger partial charge in [0.05, 0.1) is 16.3 Å². The van der Waals surface area contributed by atoms with Gasteiger partial charge in [-0.2, -0.15) is 10.2 Å². The van der Waals surface area contributed by atoms with E-state index < -0.39 is 4.92 Å². The number of hydrogen-bond acceptors (Lipinski definition) is 4. The molecular formula is C13H11N3O2. The van der Waals surface area contributed by atoms with Gasteiger partial charge in [-0.3, -0.25) is 10.1 Å². The van der Waals surface area contributed by atoms with Crippen molar-refractivity contribution in [3.63, 3.8) is 0 Å². The zero-order valence-corrected chi connectivity index (χ0v) is 9.78. The van der Waals surface area contributed by atoms with E-state index in [4.69, 9.17) is 0 Å². The van der Waals surface area contributed by atoms with Crippen LogP contribution >= 0.6 is 0 Å². The molecule has 0 heterocycles. The fourth-order valence-electron chi connectivity index (χ4n) is 1.47. The van der Waals surface area contributed by atoms with Crippen molar-refractivity contribution in [3.8, 4) is 0 Å². The lowest BCUT2D eigenvalue weighted by Gasteiger charge is -1.97. The first kappa shape index (κ1) is 11.9. The molecule has 5 nitrogen and oxygen atoms in total. The van der Waals surface area contributed by atoms with E-state index in [1.54, 1.807) is 19.1 Å². The molecule has 0 N–H and O–H groups in total. The van der Waals surface area contributed by atoms with Gasteiger partial charge < -0.3 is 0 Å². The van der Waals surface area contributed by atoms with E-state index in [0.717, 1.165) is 0 Å². The van der Waals surface area contributed by atoms with E-state index in [1.807, 2.05) is 30.3 Å². The molecule has 18 heavy (non-hydrogen) atoms. The average Bonchev–Trinajstić information content (AvgIpc) is 2.38. The van der Waals surface area contributed by atoms with E-state index in [1.165, 1.54) is 6.07 Å². The molecule has 0 spiro atoms. The van der Waals surface area contributed by atoms with Crippen LogP contribution in [0.3, 0.4) is 0 Å². The molecule has 5 heteroatoms. The van der Waals surface area contributed by atoms with Gasteiger partial charge in [0.25, 0.3) is 5.69 Å². The molecule has 0 saturated carbocycles. The third-order valence-corrected chi connectivity index (χ3v) is 2.43. The molecule has 0 aliphatic rings. The van der Waals surface area contributed by atoms with Gasteiger partial charge in [0.15, 0.2) is 0 Å². The summed E-state index contributed by atoms with van der Waals surface area (Å²) in [5.41, 5.74) is 1.84. The number of benzene rings is 2. The molecule has 0 aromatic heterocycles. The molecule has 0 atom stereocenters. The fraction of sp³-hybridized carbons (Fsp3) is 0.0769. The summed E-state index contributed by atoms with van der Waals surface area (Å²) in [6, 6.07) is 14.0. The number of hydrogen-bond donors (Lipinski definition) is 0. The molecule has 2 aromatic rings. The Bertz CT molecular complexity index is 594. The molecule has 0 fully saturated rings. The second kappa shape index (κ2) is 5.18. The summed E-state index contributed by atoms with van der Waals surface area (Å²) in [6.45, 7) is 1.69. The van der Waals surface area contributed by atoms with Crippen LogP contribution in [0.1, 0.15) is 5.56 Å². The Morgan fingerprint density at radius 1 is 1.00 bits per heavy atom. The largest absolute Gasteiger partial charge is 0.274 e. The smallest absolute Gasteiger partial charge is 0.258 e. The average molecular weight is 241 g/mol. The van der Waals surface area contributed by atoms with Crippen LogP contribution in [0.5, 0.6) is 0 Å². The molecule has 0 aliphatic heterocycles. The summed E-state index contributed by atoms with van der Waals surface area (Å²) < 4.78 is 0. The number of nitro groups is 1. The normalized spacial score (nSPS) is 10.7. The zero-order chi connectivity index (χ0) is 13.0. The number of aryl methyl sites for hydroxylation is 1. The van der Waals surface area contributed by atoms with E-state index in [2.05, 4.69) is 10.2 Å². The van der Waals surface area contributed by atoms with Crippen LogP contribution in [0.2, 0.25) is 0 Å². The lowest BCUT2D eigenvalue weighted by Crippen LogP contribution is -1.90. The summed E-state index contributed by atoms with van der Waals surface area (Å²) in [5.74, 6) is 0. The Morgan fingerprint density at radius 2 is 1.67 bits per heavy atom. The van der Waals surface area contributed by atoms with Crippen molar-refractivity contribution in [2.45, 2.75) is 6.92 Å². The summed E-state index contributed by atoms with van der Waals surface area (Å²) in [7, 11) is 0. The number of nitrogens with zero attached hydrogens (tertiary/aromatic N) is 3. The molecule has 2 aromatic carbocycles. The molecule has 90 valence electrons. The molecule has 0 aliphatic carbocycles. The Morgan fingerprint density at radius 3 is 2.33 bits per heavy atom. The van der Waals surface area contributed by atoms with Crippen molar-refractivity contribution in [2.24, 2.45) is 10.2 Å². The van der Waals surface area contributed by atoms with Gasteiger partial charge in [-0.25, -0.2) is 0 Å². The van der Waals surface area contributed by atoms with Crippen LogP contribution in [0, 0.1) is 17.0 Å². The predicted molar refractivity (Wildman–Crippen MR) is 68.5 cm³/mol. The van der Waals surface area contributed by atoms with Gasteiger partial charge in [-0.05, 0) is 25.1 Å². The lowest BCUT2D eigenvalue weighted by atomic mass is 10.2. The minimum absolute atomic E-state index is 0.0551. The zero-order valence-electron chi connectivity index (χ0n) is 9.78. The van der Waals surface area contributed by atoms with Crippen molar-refractivity contribution in [3.05, 3.63) is 64.2 Å². The molecule has 0 radical (unpaired) electrons. The summed E-state index contributed by atoms with van der Waals surface area (Å²) in [6.07, 6.45) is 0. The lowest BCUT2D eigenvalue weighted by molar-refractivity contribution is -0.385. The van der Waals surface area contributed by atoms with Crippen molar-refractivity contribution < 1.29 is 4.92 Å². The maximum absolute atomic E-state index is 10.8. The molecule has 0 bridgehead atoms. The first-order chi connectivity index (χ1) is 8.66. The highest BCUT2D eigenvalue weighted by atomic mass is 16.6. The minimum atomic E-state index is -0.420. The fourth-order valence-corrected chi connectivity index (χ4v) is 1.47. The number of nitro benzene ring substituents is 1. The highest BCUT2D eigenvalue weighted by Gasteiger charge is 2.10. The second-order valence-electron chi connectivity index (χ2n) is 3.76. The summed E-state index contributed by atoms with van der Waals surface area (Å²) in [5, 5.41) is 18.8. The maximum atomic E-state index is 10.8. The predicted octanol–water partition coefficient (Wildman–Crippen LogP) is 4.32. The van der Waals surface area contributed by atoms with Crippen LogP contribution in [-0.2, 0) is 0 Å². The Hall–Kier alpha value is -2.56. The third-order valence-electron chi connectivity index (χ3n) is 2.43. The van der Waals surface area contributed by atoms with Gasteiger partial charge in [-0.15, -0.1) is 0 Å². The minimum Gasteiger partial charge on any atom is -0.258 e. The van der Waals surface area contributed by atoms with Crippen LogP contribution in [0.15, 0.2) is 58.8 Å². The standard InChI is InChI=1S/C13H11N3O2/c1-10-7-8-12(9-13(10)16(17)18)15-14-11-5-3-2-4-6-11/h2-9H,1H3. The SMILES string of the molecule is Cc1ccc(N=Nc2ccccc2)cc1[N+](=O)[O-]. The van der Waals surface area contributed by atoms with Crippen LogP contribution in [0.25, 0.3) is 0 Å². The highest BCUT2D eigenvalue weighted by Crippen LogP contribution is 2.25. The van der Waals surface area contributed by atoms with E-state index in [0.29, 0.717) is 16.9 Å². The quantitative estimate of drug-likeness (QED) is 0.456. The van der Waals surface area contributed by atoms with Gasteiger partial charge in [0.1, 0.15) is 0 Å². The van der Waals surface area contributed by atoms with Crippen molar-refractivity contribution in [1.29, 1.82) is 0 Å². The van der Waals surface area contributed by atoms with Gasteiger partial charge in [0.2, 0.25) is 0 Å². The molecule has 2 rings (SSSR count). The van der Waals surface area contributed by atoms with Crippen molar-refractivity contribution in [2.75, 3.05) is 0 Å². The molecular weight excluding hydrogens is 230 g/mol. The van der Waals surface area contributed by atoms with Crippen molar-refractivity contribution >= 4 is 17.1 Å². The first-order valence-corrected chi connectivity index (χ1v) is 5.38. The topological polar surface area (TPSA) is 67.9 Å². The first-order valence-electron chi connectivity index (χ1n) is 5.38. The Kier molecular flexibility index (Phi) is 3.43. The molecule has 0 saturated heterocycles. The van der Waals surface area contributed by atoms with Crippen LogP contribution in [0.4, 0.5) is 17.1 Å². The van der Waals surface area contributed by atoms with Gasteiger partial charge in [-0.1, -0.05) is 24.3 Å². The molecule has 0 amide bonds. The summed E-state index contributed by atoms with van der Waals surface area (Å²) in [4.78, 5) is 10.4.